The first kappa shape index (κ1) is 15.8. The summed E-state index contributed by atoms with van der Waals surface area (Å²) in [6.45, 7) is 9.77. The fourth-order valence-corrected chi connectivity index (χ4v) is 2.69. The first-order valence-corrected chi connectivity index (χ1v) is 7.84. The van der Waals surface area contributed by atoms with Crippen LogP contribution in [0.15, 0.2) is 4.52 Å². The summed E-state index contributed by atoms with van der Waals surface area (Å²) in [6.07, 6.45) is 2.73. The number of hydrogen-bond donors (Lipinski definition) is 1. The molecule has 0 unspecified atom stereocenters. The minimum absolute atomic E-state index is 0.0120. The van der Waals surface area contributed by atoms with Crippen LogP contribution in [0.3, 0.4) is 0 Å². The first-order chi connectivity index (χ1) is 9.97. The second-order valence-corrected chi connectivity index (χ2v) is 6.35. The molecule has 1 aliphatic rings. The monoisotopic (exact) mass is 294 g/mol. The Kier molecular flexibility index (Phi) is 5.20. The maximum atomic E-state index is 12.2. The van der Waals surface area contributed by atoms with E-state index in [1.54, 1.807) is 0 Å². The smallest absolute Gasteiger partial charge is 0.317 e. The normalized spacial score (nSPS) is 22.6. The number of carbonyl (C=O) groups excluding carboxylic acids is 1. The molecule has 0 bridgehead atoms. The van der Waals surface area contributed by atoms with Crippen molar-refractivity contribution in [3.05, 3.63) is 11.7 Å². The lowest BCUT2D eigenvalue weighted by Gasteiger charge is -2.36. The van der Waals surface area contributed by atoms with Gasteiger partial charge in [-0.25, -0.2) is 4.79 Å². The van der Waals surface area contributed by atoms with Gasteiger partial charge in [-0.15, -0.1) is 0 Å². The van der Waals surface area contributed by atoms with Crippen LogP contribution in [0.4, 0.5) is 4.79 Å². The fourth-order valence-electron chi connectivity index (χ4n) is 2.69. The summed E-state index contributed by atoms with van der Waals surface area (Å²) in [4.78, 5) is 18.4. The number of aromatic nitrogens is 2. The largest absolute Gasteiger partial charge is 0.339 e. The van der Waals surface area contributed by atoms with Crippen LogP contribution in [0.5, 0.6) is 0 Å². The van der Waals surface area contributed by atoms with Crippen molar-refractivity contribution in [2.75, 3.05) is 13.1 Å². The Morgan fingerprint density at radius 1 is 1.48 bits per heavy atom. The standard InChI is InChI=1S/C15H26N4O2/c1-10(2)14-17-13(21-18-14)5-7-16-15(20)19-8-6-11(3)9-12(19)4/h10-12H,5-9H2,1-4H3,(H,16,20)/t11-,12-/m1/s1. The lowest BCUT2D eigenvalue weighted by atomic mass is 9.94. The molecule has 2 heterocycles. The number of nitrogens with one attached hydrogen (secondary N) is 1. The van der Waals surface area contributed by atoms with Crippen LogP contribution in [-0.4, -0.2) is 40.2 Å². The highest BCUT2D eigenvalue weighted by Gasteiger charge is 2.26. The van der Waals surface area contributed by atoms with Crippen molar-refractivity contribution in [1.82, 2.24) is 20.4 Å². The summed E-state index contributed by atoms with van der Waals surface area (Å²) >= 11 is 0. The predicted octanol–water partition coefficient (Wildman–Crippen LogP) is 2.57. The van der Waals surface area contributed by atoms with Crippen molar-refractivity contribution < 1.29 is 9.32 Å². The third-order valence-electron chi connectivity index (χ3n) is 4.01. The van der Waals surface area contributed by atoms with Gasteiger partial charge in [-0.05, 0) is 25.7 Å². The maximum Gasteiger partial charge on any atom is 0.317 e. The van der Waals surface area contributed by atoms with Crippen LogP contribution >= 0.6 is 0 Å². The van der Waals surface area contributed by atoms with Gasteiger partial charge in [-0.1, -0.05) is 25.9 Å². The number of urea groups is 1. The molecule has 1 aromatic rings. The average molecular weight is 294 g/mol. The van der Waals surface area contributed by atoms with E-state index in [1.165, 1.54) is 0 Å². The van der Waals surface area contributed by atoms with E-state index in [0.717, 1.165) is 25.2 Å². The van der Waals surface area contributed by atoms with E-state index in [0.29, 0.717) is 30.8 Å². The van der Waals surface area contributed by atoms with E-state index >= 15 is 0 Å². The third-order valence-corrected chi connectivity index (χ3v) is 4.01. The number of likely N-dealkylation sites (tertiary alicyclic amines) is 1. The Morgan fingerprint density at radius 2 is 2.24 bits per heavy atom. The minimum Gasteiger partial charge on any atom is -0.339 e. The molecule has 21 heavy (non-hydrogen) atoms. The number of nitrogens with zero attached hydrogens (tertiary/aromatic N) is 3. The highest BCUT2D eigenvalue weighted by Crippen LogP contribution is 2.21. The molecule has 0 aromatic carbocycles. The second kappa shape index (κ2) is 6.91. The molecule has 1 fully saturated rings. The van der Waals surface area contributed by atoms with Crippen LogP contribution in [0.2, 0.25) is 0 Å². The van der Waals surface area contributed by atoms with Gasteiger partial charge < -0.3 is 14.7 Å². The average Bonchev–Trinajstić information content (AvgIpc) is 2.87. The lowest BCUT2D eigenvalue weighted by Crippen LogP contribution is -2.49. The topological polar surface area (TPSA) is 71.3 Å². The van der Waals surface area contributed by atoms with Gasteiger partial charge in [0.05, 0.1) is 0 Å². The van der Waals surface area contributed by atoms with Crippen LogP contribution in [-0.2, 0) is 6.42 Å². The van der Waals surface area contributed by atoms with Crippen molar-refractivity contribution in [3.8, 4) is 0 Å². The molecule has 1 aromatic heterocycles. The van der Waals surface area contributed by atoms with Crippen LogP contribution in [0.25, 0.3) is 0 Å². The van der Waals surface area contributed by atoms with Crippen molar-refractivity contribution >= 4 is 6.03 Å². The van der Waals surface area contributed by atoms with Crippen molar-refractivity contribution in [1.29, 1.82) is 0 Å². The summed E-state index contributed by atoms with van der Waals surface area (Å²) in [6, 6.07) is 0.322. The summed E-state index contributed by atoms with van der Waals surface area (Å²) in [5.41, 5.74) is 0. The molecule has 0 saturated carbocycles. The van der Waals surface area contributed by atoms with Crippen LogP contribution in [0, 0.1) is 5.92 Å². The molecule has 1 N–H and O–H groups in total. The van der Waals surface area contributed by atoms with Gasteiger partial charge in [0, 0.05) is 31.5 Å². The quantitative estimate of drug-likeness (QED) is 0.926. The van der Waals surface area contributed by atoms with Gasteiger partial charge in [0.15, 0.2) is 5.82 Å². The van der Waals surface area contributed by atoms with E-state index in [1.807, 2.05) is 18.7 Å². The highest BCUT2D eigenvalue weighted by molar-refractivity contribution is 5.74. The Bertz CT molecular complexity index is 472. The summed E-state index contributed by atoms with van der Waals surface area (Å²) in [5, 5.41) is 6.86. The Labute approximate surface area is 126 Å². The summed E-state index contributed by atoms with van der Waals surface area (Å²) in [5.74, 6) is 2.26. The molecule has 0 aliphatic carbocycles. The van der Waals surface area contributed by atoms with Gasteiger partial charge in [0.1, 0.15) is 0 Å². The van der Waals surface area contributed by atoms with E-state index in [2.05, 4.69) is 29.3 Å². The number of rotatable bonds is 4. The zero-order valence-corrected chi connectivity index (χ0v) is 13.4. The summed E-state index contributed by atoms with van der Waals surface area (Å²) < 4.78 is 5.16. The van der Waals surface area contributed by atoms with E-state index < -0.39 is 0 Å². The number of carbonyl (C=O) groups is 1. The Morgan fingerprint density at radius 3 is 2.86 bits per heavy atom. The third kappa shape index (κ3) is 4.19. The van der Waals surface area contributed by atoms with Crippen LogP contribution in [0.1, 0.15) is 58.2 Å². The van der Waals surface area contributed by atoms with Crippen molar-refractivity contribution in [2.24, 2.45) is 5.92 Å². The zero-order valence-electron chi connectivity index (χ0n) is 13.4. The lowest BCUT2D eigenvalue weighted by molar-refractivity contribution is 0.139. The molecule has 1 aliphatic heterocycles. The van der Waals surface area contributed by atoms with Crippen molar-refractivity contribution in [2.45, 2.75) is 58.9 Å². The molecule has 1 saturated heterocycles. The molecule has 0 spiro atoms. The molecule has 2 amide bonds. The second-order valence-electron chi connectivity index (χ2n) is 6.35. The fraction of sp³-hybridized carbons (Fsp3) is 0.800. The molecule has 118 valence electrons. The number of piperidine rings is 1. The SMILES string of the molecule is CC(C)c1noc(CCNC(=O)N2CC[C@@H](C)C[C@H]2C)n1. The molecule has 0 radical (unpaired) electrons. The molecule has 2 rings (SSSR count). The number of amides is 2. The molecular weight excluding hydrogens is 268 g/mol. The Balaban J connectivity index is 1.76. The van der Waals surface area contributed by atoms with E-state index in [4.69, 9.17) is 4.52 Å². The van der Waals surface area contributed by atoms with Crippen LogP contribution < -0.4 is 5.32 Å². The predicted molar refractivity (Wildman–Crippen MR) is 80.1 cm³/mol. The maximum absolute atomic E-state index is 12.2. The van der Waals surface area contributed by atoms with Crippen molar-refractivity contribution in [3.63, 3.8) is 0 Å². The van der Waals surface area contributed by atoms with Gasteiger partial charge in [-0.3, -0.25) is 0 Å². The van der Waals surface area contributed by atoms with E-state index in [9.17, 15) is 4.79 Å². The molecule has 6 heteroatoms. The summed E-state index contributed by atoms with van der Waals surface area (Å²) in [7, 11) is 0. The van der Waals surface area contributed by atoms with Gasteiger partial charge in [-0.2, -0.15) is 4.98 Å². The minimum atomic E-state index is 0.0120. The molecule has 6 nitrogen and oxygen atoms in total. The first-order valence-electron chi connectivity index (χ1n) is 7.84. The van der Waals surface area contributed by atoms with Gasteiger partial charge in [0.2, 0.25) is 5.89 Å². The molecule has 2 atom stereocenters. The van der Waals surface area contributed by atoms with E-state index in [-0.39, 0.29) is 11.9 Å². The zero-order chi connectivity index (χ0) is 15.4. The van der Waals surface area contributed by atoms with Gasteiger partial charge in [0.25, 0.3) is 0 Å². The van der Waals surface area contributed by atoms with Gasteiger partial charge >= 0.3 is 6.03 Å². The molecular formula is C15H26N4O2. The number of hydrogen-bond acceptors (Lipinski definition) is 4. The Hall–Kier alpha value is -1.59. The highest BCUT2D eigenvalue weighted by atomic mass is 16.5.